The lowest BCUT2D eigenvalue weighted by molar-refractivity contribution is -0.120. The molecule has 180 valence electrons. The van der Waals surface area contributed by atoms with Crippen molar-refractivity contribution in [3.63, 3.8) is 0 Å². The van der Waals surface area contributed by atoms with Crippen molar-refractivity contribution < 1.29 is 26.4 Å². The van der Waals surface area contributed by atoms with Crippen molar-refractivity contribution in [2.24, 2.45) is 5.92 Å². The van der Waals surface area contributed by atoms with E-state index in [1.54, 1.807) is 0 Å². The molecule has 2 saturated heterocycles. The summed E-state index contributed by atoms with van der Waals surface area (Å²) in [6.07, 6.45) is 3.77. The smallest absolute Gasteiger partial charge is 0.281 e. The molecular weight excluding hydrogens is 456 g/mol. The van der Waals surface area contributed by atoms with E-state index in [1.807, 2.05) is 0 Å². The van der Waals surface area contributed by atoms with E-state index in [4.69, 9.17) is 4.74 Å². The van der Waals surface area contributed by atoms with Gasteiger partial charge in [0.15, 0.2) is 0 Å². The highest BCUT2D eigenvalue weighted by atomic mass is 32.2. The second-order valence-corrected chi connectivity index (χ2v) is 12.4. The molecule has 1 unspecified atom stereocenters. The van der Waals surface area contributed by atoms with Crippen LogP contribution in [0.2, 0.25) is 0 Å². The van der Waals surface area contributed by atoms with Crippen molar-refractivity contribution in [2.45, 2.75) is 37.0 Å². The summed E-state index contributed by atoms with van der Waals surface area (Å²) in [5.74, 6) is -0.579. The van der Waals surface area contributed by atoms with Crippen LogP contribution >= 0.6 is 0 Å². The number of sulfonamides is 1. The minimum absolute atomic E-state index is 0.0699. The minimum Gasteiger partial charge on any atom is -0.495 e. The number of rotatable bonds is 7. The lowest BCUT2D eigenvalue weighted by Gasteiger charge is -2.32. The molecule has 1 aromatic rings. The van der Waals surface area contributed by atoms with E-state index in [0.29, 0.717) is 38.2 Å². The van der Waals surface area contributed by atoms with E-state index in [2.05, 4.69) is 5.32 Å². The third kappa shape index (κ3) is 5.25. The molecule has 3 rings (SSSR count). The van der Waals surface area contributed by atoms with E-state index in [9.17, 15) is 21.6 Å². The number of hydrogen-bond acceptors (Lipinski definition) is 6. The van der Waals surface area contributed by atoms with E-state index in [0.717, 1.165) is 23.6 Å². The Hall–Kier alpha value is -1.73. The van der Waals surface area contributed by atoms with Crippen LogP contribution in [0.4, 0.5) is 5.69 Å². The summed E-state index contributed by atoms with van der Waals surface area (Å²) in [6.45, 7) is 1.39. The van der Waals surface area contributed by atoms with Crippen LogP contribution in [-0.4, -0.2) is 83.0 Å². The molecule has 32 heavy (non-hydrogen) atoms. The minimum atomic E-state index is -3.67. The van der Waals surface area contributed by atoms with E-state index < -0.39 is 26.2 Å². The number of hydrogen-bond donors (Lipinski definition) is 1. The predicted molar refractivity (Wildman–Crippen MR) is 121 cm³/mol. The van der Waals surface area contributed by atoms with E-state index in [-0.39, 0.29) is 23.0 Å². The van der Waals surface area contributed by atoms with Gasteiger partial charge in [0.2, 0.25) is 15.9 Å². The zero-order chi connectivity index (χ0) is 23.5. The number of piperidine rings is 2. The zero-order valence-corrected chi connectivity index (χ0v) is 20.4. The van der Waals surface area contributed by atoms with Crippen LogP contribution in [0.3, 0.4) is 0 Å². The van der Waals surface area contributed by atoms with Crippen LogP contribution in [-0.2, 0) is 25.0 Å². The lowest BCUT2D eigenvalue weighted by atomic mass is 9.98. The number of amides is 1. The molecule has 2 heterocycles. The molecule has 0 bridgehead atoms. The first-order valence-corrected chi connectivity index (χ1v) is 13.6. The van der Waals surface area contributed by atoms with Crippen molar-refractivity contribution in [1.82, 2.24) is 12.9 Å². The Morgan fingerprint density at radius 1 is 1.03 bits per heavy atom. The van der Waals surface area contributed by atoms with Crippen molar-refractivity contribution in [1.29, 1.82) is 0 Å². The first-order valence-electron chi connectivity index (χ1n) is 10.7. The molecule has 1 N–H and O–H groups in total. The van der Waals surface area contributed by atoms with Gasteiger partial charge in [-0.25, -0.2) is 8.42 Å². The zero-order valence-electron chi connectivity index (χ0n) is 18.8. The van der Waals surface area contributed by atoms with Gasteiger partial charge >= 0.3 is 0 Å². The van der Waals surface area contributed by atoms with Gasteiger partial charge in [0, 0.05) is 40.3 Å². The average molecular weight is 489 g/mol. The Bertz CT molecular complexity index is 1040. The number of methoxy groups -OCH3 is 1. The topological polar surface area (TPSA) is 116 Å². The van der Waals surface area contributed by atoms with Crippen LogP contribution in [0, 0.1) is 5.92 Å². The fraction of sp³-hybridized carbons (Fsp3) is 0.650. The number of nitrogens with one attached hydrogen (secondary N) is 1. The number of nitrogens with zero attached hydrogens (tertiary/aromatic N) is 3. The number of anilines is 1. The van der Waals surface area contributed by atoms with Crippen LogP contribution in [0.1, 0.15) is 32.1 Å². The fourth-order valence-electron chi connectivity index (χ4n) is 4.03. The average Bonchev–Trinajstić information content (AvgIpc) is 2.79. The third-order valence-corrected chi connectivity index (χ3v) is 9.73. The molecule has 10 nitrogen and oxygen atoms in total. The molecule has 2 aliphatic heterocycles. The Balaban J connectivity index is 1.80. The highest BCUT2D eigenvalue weighted by molar-refractivity contribution is 7.89. The maximum Gasteiger partial charge on any atom is 0.281 e. The number of ether oxygens (including phenoxy) is 1. The summed E-state index contributed by atoms with van der Waals surface area (Å²) in [7, 11) is -2.93. The summed E-state index contributed by atoms with van der Waals surface area (Å²) >= 11 is 0. The molecule has 0 aromatic heterocycles. The Labute approximate surface area is 190 Å². The van der Waals surface area contributed by atoms with E-state index in [1.165, 1.54) is 48.0 Å². The Morgan fingerprint density at radius 2 is 1.69 bits per heavy atom. The number of carbonyl (C=O) groups is 1. The summed E-state index contributed by atoms with van der Waals surface area (Å²) in [5, 5.41) is 2.77. The number of carbonyl (C=O) groups excluding carboxylic acids is 1. The summed E-state index contributed by atoms with van der Waals surface area (Å²) in [5.41, 5.74) is 0.253. The van der Waals surface area contributed by atoms with Gasteiger partial charge < -0.3 is 10.1 Å². The molecule has 0 spiro atoms. The molecule has 0 saturated carbocycles. The van der Waals surface area contributed by atoms with Gasteiger partial charge in [-0.15, -0.1) is 0 Å². The van der Waals surface area contributed by atoms with Gasteiger partial charge in [-0.3, -0.25) is 4.79 Å². The second kappa shape index (κ2) is 10.0. The standard InChI is InChI=1S/C20H32N4O6S2/c1-22(2)32(28,29)24-13-7-8-16(15-24)20(25)21-18-14-17(9-10-19(18)30-3)31(26,27)23-11-5-4-6-12-23/h9-10,14,16H,4-8,11-13,15H2,1-3H3,(H,21,25). The van der Waals surface area contributed by atoms with Crippen molar-refractivity contribution in [3.8, 4) is 5.75 Å². The van der Waals surface area contributed by atoms with Gasteiger partial charge in [-0.2, -0.15) is 21.3 Å². The first kappa shape index (κ1) is 24.9. The molecule has 1 atom stereocenters. The highest BCUT2D eigenvalue weighted by Gasteiger charge is 2.34. The Morgan fingerprint density at radius 3 is 2.31 bits per heavy atom. The summed E-state index contributed by atoms with van der Waals surface area (Å²) < 4.78 is 60.2. The van der Waals surface area contributed by atoms with Crippen LogP contribution in [0.5, 0.6) is 5.75 Å². The molecule has 12 heteroatoms. The SMILES string of the molecule is COc1ccc(S(=O)(=O)N2CCCCC2)cc1NC(=O)C1CCCN(S(=O)(=O)N(C)C)C1. The van der Waals surface area contributed by atoms with Gasteiger partial charge in [0.05, 0.1) is 23.6 Å². The van der Waals surface area contributed by atoms with Crippen molar-refractivity contribution >= 4 is 31.8 Å². The van der Waals surface area contributed by atoms with E-state index >= 15 is 0 Å². The molecule has 2 fully saturated rings. The van der Waals surface area contributed by atoms with Gasteiger partial charge in [-0.1, -0.05) is 6.42 Å². The Kier molecular flexibility index (Phi) is 7.81. The molecule has 1 amide bonds. The van der Waals surface area contributed by atoms with Gasteiger partial charge in [-0.05, 0) is 43.9 Å². The van der Waals surface area contributed by atoms with Crippen LogP contribution in [0.15, 0.2) is 23.1 Å². The van der Waals surface area contributed by atoms with Crippen LogP contribution in [0.25, 0.3) is 0 Å². The van der Waals surface area contributed by atoms with Crippen molar-refractivity contribution in [3.05, 3.63) is 18.2 Å². The highest BCUT2D eigenvalue weighted by Crippen LogP contribution is 2.31. The van der Waals surface area contributed by atoms with Crippen molar-refractivity contribution in [2.75, 3.05) is 52.7 Å². The lowest BCUT2D eigenvalue weighted by Crippen LogP contribution is -2.47. The summed E-state index contributed by atoms with van der Waals surface area (Å²) in [4.78, 5) is 13.1. The maximum atomic E-state index is 13.0. The molecule has 0 aliphatic carbocycles. The molecule has 0 radical (unpaired) electrons. The fourth-order valence-corrected chi connectivity index (χ4v) is 6.77. The number of benzene rings is 1. The van der Waals surface area contributed by atoms with Gasteiger partial charge in [0.1, 0.15) is 5.75 Å². The van der Waals surface area contributed by atoms with Gasteiger partial charge in [0.25, 0.3) is 10.2 Å². The van der Waals surface area contributed by atoms with Crippen LogP contribution < -0.4 is 10.1 Å². The third-order valence-electron chi connectivity index (χ3n) is 5.92. The quantitative estimate of drug-likeness (QED) is 0.619. The largest absolute Gasteiger partial charge is 0.495 e. The second-order valence-electron chi connectivity index (χ2n) is 8.30. The molecule has 1 aromatic carbocycles. The predicted octanol–water partition coefficient (Wildman–Crippen LogP) is 1.33. The maximum absolute atomic E-state index is 13.0. The molecular formula is C20H32N4O6S2. The normalized spacial score (nSPS) is 21.4. The monoisotopic (exact) mass is 488 g/mol. The molecule has 2 aliphatic rings. The first-order chi connectivity index (χ1) is 15.1. The summed E-state index contributed by atoms with van der Waals surface area (Å²) in [6, 6.07) is 4.42.